The monoisotopic (exact) mass is 282 g/mol. The molecular formula is C12H18N4O2S. The molecule has 0 aliphatic carbocycles. The molecule has 0 saturated carbocycles. The van der Waals surface area contributed by atoms with Crippen LogP contribution in [-0.2, 0) is 4.79 Å². The molecule has 1 atom stereocenters. The van der Waals surface area contributed by atoms with Gasteiger partial charge in [0.05, 0.1) is 12.1 Å². The molecule has 1 unspecified atom stereocenters. The van der Waals surface area contributed by atoms with Crippen LogP contribution in [0.4, 0.5) is 5.00 Å². The number of carbonyl (C=O) groups is 2. The summed E-state index contributed by atoms with van der Waals surface area (Å²) in [4.78, 5) is 25.3. The third-order valence-corrected chi connectivity index (χ3v) is 4.00. The molecule has 2 amide bonds. The number of piperazine rings is 1. The minimum atomic E-state index is -0.521. The molecule has 6 nitrogen and oxygen atoms in total. The Hall–Kier alpha value is -1.44. The quantitative estimate of drug-likeness (QED) is 0.730. The SMILES string of the molecule is CC1CNCCN1CC(=O)Nc1sccc1C(N)=O. The van der Waals surface area contributed by atoms with Gasteiger partial charge in [0.15, 0.2) is 0 Å². The van der Waals surface area contributed by atoms with Crippen LogP contribution in [0.1, 0.15) is 17.3 Å². The Morgan fingerprint density at radius 3 is 3.11 bits per heavy atom. The minimum Gasteiger partial charge on any atom is -0.366 e. The van der Waals surface area contributed by atoms with Gasteiger partial charge in [0.2, 0.25) is 5.91 Å². The first-order valence-electron chi connectivity index (χ1n) is 6.20. The molecule has 7 heteroatoms. The number of nitrogens with zero attached hydrogens (tertiary/aromatic N) is 1. The van der Waals surface area contributed by atoms with Gasteiger partial charge >= 0.3 is 0 Å². The Morgan fingerprint density at radius 2 is 2.42 bits per heavy atom. The fraction of sp³-hybridized carbons (Fsp3) is 0.500. The van der Waals surface area contributed by atoms with Crippen LogP contribution >= 0.6 is 11.3 Å². The van der Waals surface area contributed by atoms with Crippen LogP contribution in [-0.4, -0.2) is 48.9 Å². The first kappa shape index (κ1) is 14.0. The average molecular weight is 282 g/mol. The van der Waals surface area contributed by atoms with Gasteiger partial charge in [-0.05, 0) is 18.4 Å². The molecule has 19 heavy (non-hydrogen) atoms. The van der Waals surface area contributed by atoms with Gasteiger partial charge in [-0.25, -0.2) is 0 Å². The van der Waals surface area contributed by atoms with Crippen molar-refractivity contribution in [1.29, 1.82) is 0 Å². The molecule has 2 rings (SSSR count). The van der Waals surface area contributed by atoms with Gasteiger partial charge in [0.25, 0.3) is 5.91 Å². The molecule has 1 saturated heterocycles. The highest BCUT2D eigenvalue weighted by Crippen LogP contribution is 2.22. The van der Waals surface area contributed by atoms with Crippen molar-refractivity contribution in [2.24, 2.45) is 5.73 Å². The van der Waals surface area contributed by atoms with Crippen molar-refractivity contribution in [3.63, 3.8) is 0 Å². The second-order valence-corrected chi connectivity index (χ2v) is 5.52. The average Bonchev–Trinajstić information content (AvgIpc) is 2.80. The number of rotatable bonds is 4. The summed E-state index contributed by atoms with van der Waals surface area (Å²) >= 11 is 1.31. The second-order valence-electron chi connectivity index (χ2n) is 4.60. The maximum absolute atomic E-state index is 12.0. The summed E-state index contributed by atoms with van der Waals surface area (Å²) in [6, 6.07) is 1.95. The van der Waals surface area contributed by atoms with Crippen LogP contribution in [0.2, 0.25) is 0 Å². The summed E-state index contributed by atoms with van der Waals surface area (Å²) in [6.07, 6.45) is 0. The molecule has 1 aliphatic rings. The fourth-order valence-corrected chi connectivity index (χ4v) is 2.88. The summed E-state index contributed by atoms with van der Waals surface area (Å²) in [6.45, 7) is 5.04. The Morgan fingerprint density at radius 1 is 1.63 bits per heavy atom. The van der Waals surface area contributed by atoms with Crippen molar-refractivity contribution in [3.05, 3.63) is 17.0 Å². The molecule has 0 aromatic carbocycles. The Labute approximate surface area is 116 Å². The fourth-order valence-electron chi connectivity index (χ4n) is 2.07. The first-order valence-corrected chi connectivity index (χ1v) is 7.08. The van der Waals surface area contributed by atoms with E-state index in [0.29, 0.717) is 23.2 Å². The smallest absolute Gasteiger partial charge is 0.251 e. The van der Waals surface area contributed by atoms with Crippen LogP contribution in [0, 0.1) is 0 Å². The summed E-state index contributed by atoms with van der Waals surface area (Å²) in [7, 11) is 0. The van der Waals surface area contributed by atoms with Gasteiger partial charge in [-0.1, -0.05) is 0 Å². The van der Waals surface area contributed by atoms with Crippen LogP contribution in [0.5, 0.6) is 0 Å². The molecule has 1 aromatic heterocycles. The predicted molar refractivity (Wildman–Crippen MR) is 75.4 cm³/mol. The lowest BCUT2D eigenvalue weighted by Crippen LogP contribution is -2.52. The maximum Gasteiger partial charge on any atom is 0.251 e. The normalized spacial score (nSPS) is 20.2. The van der Waals surface area contributed by atoms with Gasteiger partial charge in [-0.15, -0.1) is 11.3 Å². The molecule has 4 N–H and O–H groups in total. The van der Waals surface area contributed by atoms with Crippen LogP contribution in [0.25, 0.3) is 0 Å². The van der Waals surface area contributed by atoms with Crippen molar-refractivity contribution in [2.45, 2.75) is 13.0 Å². The Kier molecular flexibility index (Phi) is 4.52. The third-order valence-electron chi connectivity index (χ3n) is 3.17. The standard InChI is InChI=1S/C12H18N4O2S/c1-8-6-14-3-4-16(8)7-10(17)15-12-9(11(13)18)2-5-19-12/h2,5,8,14H,3-4,6-7H2,1H3,(H2,13,18)(H,15,17). The number of hydrogen-bond acceptors (Lipinski definition) is 5. The largest absolute Gasteiger partial charge is 0.366 e. The Balaban J connectivity index is 1.93. The minimum absolute atomic E-state index is 0.112. The van der Waals surface area contributed by atoms with E-state index in [2.05, 4.69) is 22.5 Å². The zero-order valence-electron chi connectivity index (χ0n) is 10.8. The van der Waals surface area contributed by atoms with E-state index in [-0.39, 0.29) is 5.91 Å². The first-order chi connectivity index (χ1) is 9.08. The second kappa shape index (κ2) is 6.14. The van der Waals surface area contributed by atoms with Crippen molar-refractivity contribution in [2.75, 3.05) is 31.5 Å². The molecule has 104 valence electrons. The molecular weight excluding hydrogens is 264 g/mol. The number of carbonyl (C=O) groups excluding carboxylic acids is 2. The van der Waals surface area contributed by atoms with Gasteiger partial charge in [0, 0.05) is 25.7 Å². The highest BCUT2D eigenvalue weighted by molar-refractivity contribution is 7.14. The van der Waals surface area contributed by atoms with E-state index >= 15 is 0 Å². The molecule has 1 fully saturated rings. The summed E-state index contributed by atoms with van der Waals surface area (Å²) in [5.41, 5.74) is 5.61. The molecule has 2 heterocycles. The maximum atomic E-state index is 12.0. The van der Waals surface area contributed by atoms with E-state index in [1.54, 1.807) is 11.4 Å². The lowest BCUT2D eigenvalue weighted by Gasteiger charge is -2.33. The molecule has 1 aliphatic heterocycles. The predicted octanol–water partition coefficient (Wildman–Crippen LogP) is 0.0792. The van der Waals surface area contributed by atoms with Crippen molar-refractivity contribution >= 4 is 28.2 Å². The van der Waals surface area contributed by atoms with Crippen LogP contribution < -0.4 is 16.4 Å². The van der Waals surface area contributed by atoms with Crippen molar-refractivity contribution < 1.29 is 9.59 Å². The zero-order valence-corrected chi connectivity index (χ0v) is 11.6. The van der Waals surface area contributed by atoms with E-state index in [0.717, 1.165) is 19.6 Å². The van der Waals surface area contributed by atoms with E-state index in [1.165, 1.54) is 11.3 Å². The molecule has 1 aromatic rings. The number of nitrogens with one attached hydrogen (secondary N) is 2. The summed E-state index contributed by atoms with van der Waals surface area (Å²) < 4.78 is 0. The number of anilines is 1. The Bertz CT molecular complexity index is 474. The number of primary amides is 1. The highest BCUT2D eigenvalue weighted by Gasteiger charge is 2.21. The number of amides is 2. The summed E-state index contributed by atoms with van der Waals surface area (Å²) in [5.74, 6) is -0.634. The van der Waals surface area contributed by atoms with Crippen LogP contribution in [0.3, 0.4) is 0 Å². The van der Waals surface area contributed by atoms with Gasteiger partial charge < -0.3 is 16.4 Å². The van der Waals surface area contributed by atoms with E-state index < -0.39 is 5.91 Å². The van der Waals surface area contributed by atoms with Gasteiger partial charge in [-0.2, -0.15) is 0 Å². The third kappa shape index (κ3) is 3.52. The lowest BCUT2D eigenvalue weighted by molar-refractivity contribution is -0.118. The van der Waals surface area contributed by atoms with Crippen LogP contribution in [0.15, 0.2) is 11.4 Å². The van der Waals surface area contributed by atoms with E-state index in [4.69, 9.17) is 5.73 Å². The topological polar surface area (TPSA) is 87.5 Å². The lowest BCUT2D eigenvalue weighted by atomic mass is 10.2. The van der Waals surface area contributed by atoms with E-state index in [9.17, 15) is 9.59 Å². The van der Waals surface area contributed by atoms with Crippen molar-refractivity contribution in [1.82, 2.24) is 10.2 Å². The molecule has 0 bridgehead atoms. The number of hydrogen-bond donors (Lipinski definition) is 3. The zero-order chi connectivity index (χ0) is 13.8. The highest BCUT2D eigenvalue weighted by atomic mass is 32.1. The van der Waals surface area contributed by atoms with Crippen molar-refractivity contribution in [3.8, 4) is 0 Å². The van der Waals surface area contributed by atoms with Gasteiger partial charge in [0.1, 0.15) is 5.00 Å². The van der Waals surface area contributed by atoms with Gasteiger partial charge in [-0.3, -0.25) is 14.5 Å². The molecule has 0 radical (unpaired) electrons. The van der Waals surface area contributed by atoms with E-state index in [1.807, 2.05) is 0 Å². The number of nitrogens with two attached hydrogens (primary N) is 1. The summed E-state index contributed by atoms with van der Waals surface area (Å²) in [5, 5.41) is 8.30. The number of thiophene rings is 1. The molecule has 0 spiro atoms.